The van der Waals surface area contributed by atoms with E-state index in [-0.39, 0.29) is 11.3 Å². The van der Waals surface area contributed by atoms with Crippen LogP contribution in [0.15, 0.2) is 64.8 Å². The molecule has 184 valence electrons. The van der Waals surface area contributed by atoms with Crippen molar-refractivity contribution in [1.82, 2.24) is 0 Å². The van der Waals surface area contributed by atoms with Crippen molar-refractivity contribution in [2.45, 2.75) is 16.7 Å². The van der Waals surface area contributed by atoms with Gasteiger partial charge >= 0.3 is 11.9 Å². The van der Waals surface area contributed by atoms with E-state index in [2.05, 4.69) is 0 Å². The first-order valence-corrected chi connectivity index (χ1v) is 11.7. The average molecular weight is 508 g/mol. The number of aliphatic hydroxyl groups excluding tert-OH is 1. The Hall–Kier alpha value is -4.35. The summed E-state index contributed by atoms with van der Waals surface area (Å²) in [7, 11) is 2.14. The predicted molar refractivity (Wildman–Crippen MR) is 128 cm³/mol. The number of hydrogen-bond acceptors (Lipinski definition) is 10. The highest BCUT2D eigenvalue weighted by Crippen LogP contribution is 2.59. The Morgan fingerprint density at radius 2 is 1.58 bits per heavy atom. The Kier molecular flexibility index (Phi) is 7.66. The van der Waals surface area contributed by atoms with Crippen LogP contribution in [0.5, 0.6) is 0 Å². The third-order valence-corrected chi connectivity index (χ3v) is 7.02. The molecule has 3 rings (SSSR count). The van der Waals surface area contributed by atoms with E-state index in [0.29, 0.717) is 5.56 Å². The number of nitriles is 2. The first-order chi connectivity index (χ1) is 17.2. The number of rotatable bonds is 6. The number of esters is 2. The zero-order chi connectivity index (χ0) is 26.6. The van der Waals surface area contributed by atoms with Crippen LogP contribution >= 0.6 is 11.8 Å². The molecule has 2 aromatic rings. The molecule has 1 N–H and O–H groups in total. The van der Waals surface area contributed by atoms with Crippen LogP contribution < -0.4 is 0 Å². The van der Waals surface area contributed by atoms with Gasteiger partial charge in [0.1, 0.15) is 11.7 Å². The van der Waals surface area contributed by atoms with Gasteiger partial charge in [-0.3, -0.25) is 14.9 Å². The van der Waals surface area contributed by atoms with Crippen molar-refractivity contribution in [2.75, 3.05) is 20.5 Å². The molecule has 0 saturated heterocycles. The van der Waals surface area contributed by atoms with E-state index in [1.165, 1.54) is 36.0 Å². The summed E-state index contributed by atoms with van der Waals surface area (Å²) in [4.78, 5) is 37.3. The van der Waals surface area contributed by atoms with Gasteiger partial charge in [0, 0.05) is 22.9 Å². The van der Waals surface area contributed by atoms with Gasteiger partial charge in [-0.05, 0) is 29.5 Å². The van der Waals surface area contributed by atoms with Crippen molar-refractivity contribution >= 4 is 29.4 Å². The van der Waals surface area contributed by atoms with E-state index in [0.717, 1.165) is 19.1 Å². The number of carbonyl (C=O) groups is 2. The van der Waals surface area contributed by atoms with Gasteiger partial charge in [0.15, 0.2) is 5.41 Å². The number of nitrogens with zero attached hydrogens (tertiary/aromatic N) is 3. The Labute approximate surface area is 210 Å². The lowest BCUT2D eigenvalue weighted by molar-refractivity contribution is -0.384. The Morgan fingerprint density at radius 3 is 2.03 bits per heavy atom. The molecule has 0 aliphatic heterocycles. The number of non-ortho nitro benzene ring substituents is 1. The maximum Gasteiger partial charge on any atom is 0.337 e. The summed E-state index contributed by atoms with van der Waals surface area (Å²) in [6.07, 6.45) is 1.86. The largest absolute Gasteiger partial charge is 0.511 e. The molecule has 10 nitrogen and oxygen atoms in total. The zero-order valence-electron chi connectivity index (χ0n) is 19.5. The number of ether oxygens (including phenoxy) is 2. The summed E-state index contributed by atoms with van der Waals surface area (Å²) in [5.41, 5.74) is -2.22. The van der Waals surface area contributed by atoms with Crippen molar-refractivity contribution < 1.29 is 29.1 Å². The summed E-state index contributed by atoms with van der Waals surface area (Å²) < 4.78 is 9.75. The maximum atomic E-state index is 12.9. The van der Waals surface area contributed by atoms with Crippen molar-refractivity contribution in [3.63, 3.8) is 0 Å². The van der Waals surface area contributed by atoms with E-state index in [9.17, 15) is 35.3 Å². The molecule has 0 radical (unpaired) electrons. The highest BCUT2D eigenvalue weighted by Gasteiger charge is 2.61. The number of carbonyl (C=O) groups excluding carboxylic acids is 2. The monoisotopic (exact) mass is 507 g/mol. The molecule has 0 amide bonds. The molecular weight excluding hydrogens is 486 g/mol. The van der Waals surface area contributed by atoms with Crippen LogP contribution in [0.4, 0.5) is 5.69 Å². The van der Waals surface area contributed by atoms with Crippen molar-refractivity contribution in [3.05, 3.63) is 81.1 Å². The number of hydrogen-bond donors (Lipinski definition) is 1. The standard InChI is InChI=1S/C25H21N3O7S/c1-34-23(30)18-20(14-4-8-16(9-5-14)28(32)33)25(12-26,13-27)21(19(22(18)29)24(31)35-2)15-6-10-17(36-3)11-7-15/h4-11,18,20-21,29H,1-3H3/t18-,20-,21+/m0/s1. The van der Waals surface area contributed by atoms with E-state index >= 15 is 0 Å². The Morgan fingerprint density at radius 1 is 1.03 bits per heavy atom. The fraction of sp³-hybridized carbons (Fsp3) is 0.280. The van der Waals surface area contributed by atoms with Crippen molar-refractivity contribution in [3.8, 4) is 12.1 Å². The number of benzene rings is 2. The summed E-state index contributed by atoms with van der Waals surface area (Å²) in [6.45, 7) is 0. The quantitative estimate of drug-likeness (QED) is 0.261. The van der Waals surface area contributed by atoms with Gasteiger partial charge < -0.3 is 14.6 Å². The first-order valence-electron chi connectivity index (χ1n) is 10.5. The molecule has 1 aliphatic rings. The van der Waals surface area contributed by atoms with Crippen LogP contribution in [-0.4, -0.2) is 42.4 Å². The Balaban J connectivity index is 2.44. The molecule has 0 unspecified atom stereocenters. The van der Waals surface area contributed by atoms with Gasteiger partial charge in [0.05, 0.1) is 42.8 Å². The van der Waals surface area contributed by atoms with Crippen LogP contribution in [0.1, 0.15) is 23.0 Å². The van der Waals surface area contributed by atoms with Gasteiger partial charge in [-0.15, -0.1) is 11.8 Å². The Bertz CT molecular complexity index is 1290. The molecule has 1 aliphatic carbocycles. The first kappa shape index (κ1) is 26.3. The highest BCUT2D eigenvalue weighted by atomic mass is 32.2. The summed E-state index contributed by atoms with van der Waals surface area (Å²) in [6, 6.07) is 15.7. The maximum absolute atomic E-state index is 12.9. The van der Waals surface area contributed by atoms with Gasteiger partial charge in [-0.1, -0.05) is 24.3 Å². The van der Waals surface area contributed by atoms with Gasteiger partial charge in [0.2, 0.25) is 0 Å². The molecular formula is C25H21N3O7S. The second kappa shape index (κ2) is 10.5. The molecule has 0 aromatic heterocycles. The fourth-order valence-electron chi connectivity index (χ4n) is 4.63. The van der Waals surface area contributed by atoms with Crippen LogP contribution in [0, 0.1) is 44.1 Å². The van der Waals surface area contributed by atoms with Crippen LogP contribution in [0.3, 0.4) is 0 Å². The summed E-state index contributed by atoms with van der Waals surface area (Å²) in [5.74, 6) is -7.01. The van der Waals surface area contributed by atoms with Gasteiger partial charge in [-0.25, -0.2) is 4.79 Å². The van der Waals surface area contributed by atoms with Crippen molar-refractivity contribution in [2.24, 2.45) is 11.3 Å². The smallest absolute Gasteiger partial charge is 0.337 e. The normalized spacial score (nSPS) is 20.5. The van der Waals surface area contributed by atoms with E-state index in [1.54, 1.807) is 24.3 Å². The van der Waals surface area contributed by atoms with Gasteiger partial charge in [-0.2, -0.15) is 10.5 Å². The van der Waals surface area contributed by atoms with E-state index in [4.69, 9.17) is 9.47 Å². The summed E-state index contributed by atoms with van der Waals surface area (Å²) in [5, 5.41) is 43.4. The number of nitro benzene ring substituents is 1. The molecule has 3 atom stereocenters. The minimum Gasteiger partial charge on any atom is -0.511 e. The molecule has 0 spiro atoms. The molecule has 36 heavy (non-hydrogen) atoms. The van der Waals surface area contributed by atoms with Crippen molar-refractivity contribution in [1.29, 1.82) is 10.5 Å². The fourth-order valence-corrected chi connectivity index (χ4v) is 5.04. The second-order valence-electron chi connectivity index (χ2n) is 7.92. The highest BCUT2D eigenvalue weighted by molar-refractivity contribution is 7.98. The van der Waals surface area contributed by atoms with Gasteiger partial charge in [0.25, 0.3) is 5.69 Å². The lowest BCUT2D eigenvalue weighted by atomic mass is 9.54. The molecule has 0 saturated carbocycles. The number of aliphatic hydroxyl groups is 1. The average Bonchev–Trinajstić information content (AvgIpc) is 2.91. The number of methoxy groups -OCH3 is 2. The van der Waals surface area contributed by atoms with E-state index < -0.39 is 51.4 Å². The summed E-state index contributed by atoms with van der Waals surface area (Å²) >= 11 is 1.46. The predicted octanol–water partition coefficient (Wildman–Crippen LogP) is 4.01. The molecule has 0 fully saturated rings. The number of thioether (sulfide) groups is 1. The molecule has 11 heteroatoms. The lowest BCUT2D eigenvalue weighted by Gasteiger charge is -2.44. The molecule has 0 bridgehead atoms. The minimum absolute atomic E-state index is 0.195. The van der Waals surface area contributed by atoms with Crippen LogP contribution in [-0.2, 0) is 19.1 Å². The number of nitro groups is 1. The topological polar surface area (TPSA) is 164 Å². The van der Waals surface area contributed by atoms with E-state index in [1.807, 2.05) is 18.4 Å². The zero-order valence-corrected chi connectivity index (χ0v) is 20.3. The SMILES string of the molecule is COC(=O)C1=C(O)[C@@H](C(=O)OC)[C@H](c2ccc([N+](=O)[O-])cc2)C(C#N)(C#N)[C@@H]1c1ccc(SC)cc1. The second-order valence-corrected chi connectivity index (χ2v) is 8.80. The lowest BCUT2D eigenvalue weighted by Crippen LogP contribution is -2.47. The minimum atomic E-state index is -2.12. The van der Waals surface area contributed by atoms with Crippen LogP contribution in [0.2, 0.25) is 0 Å². The molecule has 0 heterocycles. The van der Waals surface area contributed by atoms with Crippen LogP contribution in [0.25, 0.3) is 0 Å². The molecule has 2 aromatic carbocycles. The third-order valence-electron chi connectivity index (χ3n) is 6.28. The third kappa shape index (κ3) is 4.25.